The van der Waals surface area contributed by atoms with Gasteiger partial charge in [0.15, 0.2) is 0 Å². The van der Waals surface area contributed by atoms with Gasteiger partial charge in [0.2, 0.25) is 5.91 Å². The molecule has 4 heteroatoms. The molecule has 4 nitrogen and oxygen atoms in total. The molecule has 0 spiro atoms. The molecule has 0 radical (unpaired) electrons. The maximum atomic E-state index is 13.3. The molecule has 2 N–H and O–H groups in total. The Labute approximate surface area is 139 Å². The van der Waals surface area contributed by atoms with Gasteiger partial charge >= 0.3 is 0 Å². The summed E-state index contributed by atoms with van der Waals surface area (Å²) in [4.78, 5) is 15.3. The lowest BCUT2D eigenvalue weighted by Crippen LogP contribution is -2.45. The first-order chi connectivity index (χ1) is 11.2. The van der Waals surface area contributed by atoms with Crippen molar-refractivity contribution in [1.82, 2.24) is 0 Å². The SMILES string of the molecule is COc1ccc(N(C(=O)[C@@H]2CCC[C@@H]2CN)C(C)C2CC2)cc1. The Kier molecular flexibility index (Phi) is 4.90. The molecule has 2 aliphatic rings. The second kappa shape index (κ2) is 6.91. The summed E-state index contributed by atoms with van der Waals surface area (Å²) in [5.74, 6) is 2.15. The van der Waals surface area contributed by atoms with Crippen molar-refractivity contribution in [1.29, 1.82) is 0 Å². The number of amides is 1. The molecule has 1 amide bonds. The highest BCUT2D eigenvalue weighted by atomic mass is 16.5. The fourth-order valence-electron chi connectivity index (χ4n) is 3.92. The van der Waals surface area contributed by atoms with E-state index in [9.17, 15) is 4.79 Å². The van der Waals surface area contributed by atoms with Crippen LogP contribution < -0.4 is 15.4 Å². The van der Waals surface area contributed by atoms with Gasteiger partial charge in [-0.15, -0.1) is 0 Å². The largest absolute Gasteiger partial charge is 0.497 e. The molecular weight excluding hydrogens is 288 g/mol. The van der Waals surface area contributed by atoms with Gasteiger partial charge in [0, 0.05) is 17.6 Å². The summed E-state index contributed by atoms with van der Waals surface area (Å²) in [6.45, 7) is 2.80. The van der Waals surface area contributed by atoms with Gasteiger partial charge in [-0.2, -0.15) is 0 Å². The van der Waals surface area contributed by atoms with E-state index >= 15 is 0 Å². The molecule has 23 heavy (non-hydrogen) atoms. The Morgan fingerprint density at radius 3 is 2.52 bits per heavy atom. The fraction of sp³-hybridized carbons (Fsp3) is 0.632. The van der Waals surface area contributed by atoms with Gasteiger partial charge < -0.3 is 15.4 Å². The van der Waals surface area contributed by atoms with Crippen LogP contribution in [0.4, 0.5) is 5.69 Å². The molecule has 0 aromatic heterocycles. The molecule has 1 unspecified atom stereocenters. The van der Waals surface area contributed by atoms with Crippen molar-refractivity contribution in [2.75, 3.05) is 18.6 Å². The molecule has 1 aromatic carbocycles. The highest BCUT2D eigenvalue weighted by Crippen LogP contribution is 2.40. The average molecular weight is 316 g/mol. The molecule has 1 aromatic rings. The predicted octanol–water partition coefficient (Wildman–Crippen LogP) is 3.20. The van der Waals surface area contributed by atoms with Crippen LogP contribution in [0.2, 0.25) is 0 Å². The topological polar surface area (TPSA) is 55.6 Å². The van der Waals surface area contributed by atoms with Crippen molar-refractivity contribution >= 4 is 11.6 Å². The van der Waals surface area contributed by atoms with E-state index in [0.29, 0.717) is 18.4 Å². The van der Waals surface area contributed by atoms with Gasteiger partial charge in [0.05, 0.1) is 7.11 Å². The van der Waals surface area contributed by atoms with E-state index in [0.717, 1.165) is 30.7 Å². The Bertz CT molecular complexity index is 539. The van der Waals surface area contributed by atoms with Gasteiger partial charge in [0.1, 0.15) is 5.75 Å². The maximum absolute atomic E-state index is 13.3. The number of ether oxygens (including phenoxy) is 1. The number of hydrogen-bond donors (Lipinski definition) is 1. The minimum atomic E-state index is 0.0864. The van der Waals surface area contributed by atoms with Gasteiger partial charge in [-0.3, -0.25) is 4.79 Å². The number of carbonyl (C=O) groups is 1. The molecule has 3 atom stereocenters. The van der Waals surface area contributed by atoms with Crippen LogP contribution in [0.3, 0.4) is 0 Å². The summed E-state index contributed by atoms with van der Waals surface area (Å²) in [7, 11) is 1.66. The normalized spacial score (nSPS) is 25.2. The fourth-order valence-corrected chi connectivity index (χ4v) is 3.92. The molecular formula is C19H28N2O2. The summed E-state index contributed by atoms with van der Waals surface area (Å²) >= 11 is 0. The first kappa shape index (κ1) is 16.3. The second-order valence-electron chi connectivity index (χ2n) is 7.02. The number of hydrogen-bond acceptors (Lipinski definition) is 3. The minimum absolute atomic E-state index is 0.0864. The van der Waals surface area contributed by atoms with Gasteiger partial charge in [-0.25, -0.2) is 0 Å². The number of rotatable bonds is 6. The number of nitrogens with two attached hydrogens (primary N) is 1. The second-order valence-corrected chi connectivity index (χ2v) is 7.02. The minimum Gasteiger partial charge on any atom is -0.497 e. The third-order valence-corrected chi connectivity index (χ3v) is 5.58. The zero-order chi connectivity index (χ0) is 16.4. The molecule has 126 valence electrons. The van der Waals surface area contributed by atoms with Crippen LogP contribution in [0.1, 0.15) is 39.0 Å². The van der Waals surface area contributed by atoms with Crippen LogP contribution in [0.25, 0.3) is 0 Å². The van der Waals surface area contributed by atoms with Gasteiger partial charge in [-0.1, -0.05) is 6.42 Å². The van der Waals surface area contributed by atoms with Crippen molar-refractivity contribution in [3.8, 4) is 5.75 Å². The van der Waals surface area contributed by atoms with Gasteiger partial charge in [-0.05, 0) is 75.3 Å². The van der Waals surface area contributed by atoms with Crippen molar-refractivity contribution in [2.24, 2.45) is 23.5 Å². The number of nitrogens with zero attached hydrogens (tertiary/aromatic N) is 1. The Morgan fingerprint density at radius 1 is 1.26 bits per heavy atom. The molecule has 0 bridgehead atoms. The van der Waals surface area contributed by atoms with Crippen LogP contribution in [-0.4, -0.2) is 25.6 Å². The third kappa shape index (κ3) is 3.37. The van der Waals surface area contributed by atoms with Crippen molar-refractivity contribution < 1.29 is 9.53 Å². The van der Waals surface area contributed by atoms with Crippen LogP contribution >= 0.6 is 0 Å². The van der Waals surface area contributed by atoms with E-state index in [1.165, 1.54) is 12.8 Å². The standard InChI is InChI=1S/C19H28N2O2/c1-13(14-6-7-14)21(16-8-10-17(23-2)11-9-16)19(22)18-5-3-4-15(18)12-20/h8-11,13-15,18H,3-7,12,20H2,1-2H3/t13?,15-,18-/m1/s1. The summed E-state index contributed by atoms with van der Waals surface area (Å²) < 4.78 is 5.24. The van der Waals surface area contributed by atoms with E-state index in [2.05, 4.69) is 6.92 Å². The zero-order valence-corrected chi connectivity index (χ0v) is 14.2. The lowest BCUT2D eigenvalue weighted by molar-refractivity contribution is -0.123. The summed E-state index contributed by atoms with van der Waals surface area (Å²) in [6, 6.07) is 8.13. The molecule has 2 aliphatic carbocycles. The van der Waals surface area contributed by atoms with E-state index in [-0.39, 0.29) is 17.9 Å². The van der Waals surface area contributed by atoms with Crippen LogP contribution in [-0.2, 0) is 4.79 Å². The summed E-state index contributed by atoms with van der Waals surface area (Å²) in [5, 5.41) is 0. The highest BCUT2D eigenvalue weighted by molar-refractivity contribution is 5.96. The lowest BCUT2D eigenvalue weighted by Gasteiger charge is -2.33. The van der Waals surface area contributed by atoms with Crippen molar-refractivity contribution in [3.05, 3.63) is 24.3 Å². The molecule has 0 saturated heterocycles. The van der Waals surface area contributed by atoms with Crippen LogP contribution in [0.5, 0.6) is 5.75 Å². The number of benzene rings is 1. The van der Waals surface area contributed by atoms with Crippen molar-refractivity contribution in [3.63, 3.8) is 0 Å². The Hall–Kier alpha value is -1.55. The Morgan fingerprint density at radius 2 is 1.96 bits per heavy atom. The van der Waals surface area contributed by atoms with E-state index in [1.54, 1.807) is 7.11 Å². The predicted molar refractivity (Wildman–Crippen MR) is 92.6 cm³/mol. The zero-order valence-electron chi connectivity index (χ0n) is 14.2. The number of methoxy groups -OCH3 is 1. The Balaban J connectivity index is 1.86. The molecule has 0 heterocycles. The van der Waals surface area contributed by atoms with E-state index < -0.39 is 0 Å². The van der Waals surface area contributed by atoms with E-state index in [1.807, 2.05) is 29.2 Å². The molecule has 2 saturated carbocycles. The average Bonchev–Trinajstić information content (AvgIpc) is 3.32. The third-order valence-electron chi connectivity index (χ3n) is 5.58. The number of carbonyl (C=O) groups excluding carboxylic acids is 1. The first-order valence-corrected chi connectivity index (χ1v) is 8.83. The highest BCUT2D eigenvalue weighted by Gasteiger charge is 2.40. The molecule has 0 aliphatic heterocycles. The van der Waals surface area contributed by atoms with Crippen LogP contribution in [0.15, 0.2) is 24.3 Å². The smallest absolute Gasteiger partial charge is 0.230 e. The maximum Gasteiger partial charge on any atom is 0.230 e. The van der Waals surface area contributed by atoms with E-state index in [4.69, 9.17) is 10.5 Å². The molecule has 2 fully saturated rings. The summed E-state index contributed by atoms with van der Waals surface area (Å²) in [5.41, 5.74) is 6.88. The lowest BCUT2D eigenvalue weighted by atomic mass is 9.93. The molecule has 3 rings (SSSR count). The van der Waals surface area contributed by atoms with Crippen molar-refractivity contribution in [2.45, 2.75) is 45.1 Å². The first-order valence-electron chi connectivity index (χ1n) is 8.83. The van der Waals surface area contributed by atoms with Gasteiger partial charge in [0.25, 0.3) is 0 Å². The quantitative estimate of drug-likeness (QED) is 0.877. The monoisotopic (exact) mass is 316 g/mol. The van der Waals surface area contributed by atoms with Crippen LogP contribution in [0, 0.1) is 17.8 Å². The summed E-state index contributed by atoms with van der Waals surface area (Å²) in [6.07, 6.45) is 5.64. The number of anilines is 1.